The average Bonchev–Trinajstić information content (AvgIpc) is 2.86. The number of carbonyl (C=O) groups is 1. The Kier molecular flexibility index (Phi) is 4.79. The van der Waals surface area contributed by atoms with Crippen molar-refractivity contribution in [3.63, 3.8) is 0 Å². The van der Waals surface area contributed by atoms with Crippen molar-refractivity contribution < 1.29 is 9.53 Å². The normalized spacial score (nSPS) is 16.7. The highest BCUT2D eigenvalue weighted by Crippen LogP contribution is 2.23. The summed E-state index contributed by atoms with van der Waals surface area (Å²) >= 11 is 0. The second-order valence-corrected chi connectivity index (χ2v) is 5.13. The zero-order valence-corrected chi connectivity index (χ0v) is 11.1. The Hall–Kier alpha value is -1.32. The molecule has 1 N–H and O–H groups in total. The highest BCUT2D eigenvalue weighted by molar-refractivity contribution is 5.87. The molecule has 0 aliphatic heterocycles. The van der Waals surface area contributed by atoms with E-state index in [0.717, 1.165) is 18.5 Å². The van der Waals surface area contributed by atoms with Crippen LogP contribution in [0.25, 0.3) is 0 Å². The van der Waals surface area contributed by atoms with E-state index < -0.39 is 0 Å². The number of rotatable bonds is 5. The molecule has 0 unspecified atom stereocenters. The molecule has 1 aliphatic carbocycles. The summed E-state index contributed by atoms with van der Waals surface area (Å²) in [6.07, 6.45) is 8.20. The van der Waals surface area contributed by atoms with E-state index in [1.54, 1.807) is 6.07 Å². The minimum absolute atomic E-state index is 0.292. The van der Waals surface area contributed by atoms with Gasteiger partial charge in [0, 0.05) is 5.69 Å². The van der Waals surface area contributed by atoms with Crippen LogP contribution in [0.1, 0.15) is 61.6 Å². The van der Waals surface area contributed by atoms with Gasteiger partial charge >= 0.3 is 5.97 Å². The molecule has 4 heteroatoms. The molecule has 100 valence electrons. The Labute approximate surface area is 108 Å². The molecule has 0 atom stereocenters. The number of aromatic amines is 1. The number of esters is 1. The number of hydrogen-bond donors (Lipinski definition) is 1. The van der Waals surface area contributed by atoms with E-state index in [0.29, 0.717) is 18.2 Å². The van der Waals surface area contributed by atoms with E-state index in [4.69, 9.17) is 4.74 Å². The standard InChI is InChI=1S/C14H22N2O2/c1-2-6-12-9-13(16-15-12)14(17)18-10-11-7-4-3-5-8-11/h9,11H,2-8,10H2,1H3,(H,15,16). The molecule has 1 saturated carbocycles. The Balaban J connectivity index is 1.79. The zero-order valence-electron chi connectivity index (χ0n) is 11.1. The van der Waals surface area contributed by atoms with E-state index in [9.17, 15) is 4.79 Å². The van der Waals surface area contributed by atoms with Crippen LogP contribution in [-0.2, 0) is 11.2 Å². The minimum atomic E-state index is -0.292. The summed E-state index contributed by atoms with van der Waals surface area (Å²) in [4.78, 5) is 11.8. The quantitative estimate of drug-likeness (QED) is 0.817. The van der Waals surface area contributed by atoms with Crippen molar-refractivity contribution in [3.05, 3.63) is 17.5 Å². The summed E-state index contributed by atoms with van der Waals surface area (Å²) in [6, 6.07) is 1.80. The lowest BCUT2D eigenvalue weighted by atomic mass is 9.90. The third-order valence-electron chi connectivity index (χ3n) is 3.53. The van der Waals surface area contributed by atoms with Gasteiger partial charge < -0.3 is 4.74 Å². The van der Waals surface area contributed by atoms with Gasteiger partial charge in [-0.3, -0.25) is 5.10 Å². The maximum Gasteiger partial charge on any atom is 0.358 e. The summed E-state index contributed by atoms with van der Waals surface area (Å²) in [5.74, 6) is 0.260. The minimum Gasteiger partial charge on any atom is -0.461 e. The van der Waals surface area contributed by atoms with Gasteiger partial charge in [0.05, 0.1) is 6.61 Å². The maximum absolute atomic E-state index is 11.8. The zero-order chi connectivity index (χ0) is 12.8. The molecule has 4 nitrogen and oxygen atoms in total. The molecule has 0 aromatic carbocycles. The first-order chi connectivity index (χ1) is 8.79. The van der Waals surface area contributed by atoms with Crippen molar-refractivity contribution in [2.75, 3.05) is 6.61 Å². The largest absolute Gasteiger partial charge is 0.461 e. The number of aromatic nitrogens is 2. The first-order valence-electron chi connectivity index (χ1n) is 7.01. The van der Waals surface area contributed by atoms with Crippen molar-refractivity contribution in [1.29, 1.82) is 0 Å². The molecule has 2 rings (SSSR count). The summed E-state index contributed by atoms with van der Waals surface area (Å²) in [5, 5.41) is 6.87. The van der Waals surface area contributed by atoms with Gasteiger partial charge in [0.1, 0.15) is 0 Å². The number of H-pyrrole nitrogens is 1. The molecule has 0 saturated heterocycles. The summed E-state index contributed by atoms with van der Waals surface area (Å²) < 4.78 is 5.34. The van der Waals surface area contributed by atoms with Crippen LogP contribution in [0.3, 0.4) is 0 Å². The molecule has 1 aliphatic rings. The monoisotopic (exact) mass is 250 g/mol. The Bertz CT molecular complexity index is 381. The van der Waals surface area contributed by atoms with Gasteiger partial charge in [0.2, 0.25) is 0 Å². The van der Waals surface area contributed by atoms with Gasteiger partial charge in [-0.15, -0.1) is 0 Å². The van der Waals surface area contributed by atoms with Gasteiger partial charge in [-0.1, -0.05) is 32.6 Å². The summed E-state index contributed by atoms with van der Waals surface area (Å²) in [5.41, 5.74) is 1.41. The number of aryl methyl sites for hydroxylation is 1. The molecule has 1 heterocycles. The van der Waals surface area contributed by atoms with Crippen molar-refractivity contribution in [2.45, 2.75) is 51.9 Å². The van der Waals surface area contributed by atoms with Gasteiger partial charge in [-0.25, -0.2) is 4.79 Å². The fraction of sp³-hybridized carbons (Fsp3) is 0.714. The van der Waals surface area contributed by atoms with Crippen LogP contribution in [0.2, 0.25) is 0 Å². The fourth-order valence-corrected chi connectivity index (χ4v) is 2.48. The number of ether oxygens (including phenoxy) is 1. The number of carbonyl (C=O) groups excluding carboxylic acids is 1. The van der Waals surface area contributed by atoms with Crippen LogP contribution in [-0.4, -0.2) is 22.8 Å². The smallest absolute Gasteiger partial charge is 0.358 e. The van der Waals surface area contributed by atoms with Crippen LogP contribution in [0.4, 0.5) is 0 Å². The van der Waals surface area contributed by atoms with E-state index in [2.05, 4.69) is 17.1 Å². The van der Waals surface area contributed by atoms with Gasteiger partial charge in [-0.05, 0) is 31.2 Å². The van der Waals surface area contributed by atoms with E-state index >= 15 is 0 Å². The van der Waals surface area contributed by atoms with E-state index in [1.165, 1.54) is 32.1 Å². The SMILES string of the molecule is CCCc1cc(C(=O)OCC2CCCCC2)n[nH]1. The Morgan fingerprint density at radius 2 is 2.22 bits per heavy atom. The molecular weight excluding hydrogens is 228 g/mol. The van der Waals surface area contributed by atoms with Gasteiger partial charge in [0.15, 0.2) is 5.69 Å². The number of hydrogen-bond acceptors (Lipinski definition) is 3. The van der Waals surface area contributed by atoms with Crippen LogP contribution < -0.4 is 0 Å². The van der Waals surface area contributed by atoms with E-state index in [-0.39, 0.29) is 5.97 Å². The molecule has 18 heavy (non-hydrogen) atoms. The summed E-state index contributed by atoms with van der Waals surface area (Å²) in [7, 11) is 0. The lowest BCUT2D eigenvalue weighted by molar-refractivity contribution is 0.0403. The van der Waals surface area contributed by atoms with Crippen LogP contribution in [0.5, 0.6) is 0 Å². The third-order valence-corrected chi connectivity index (χ3v) is 3.53. The van der Waals surface area contributed by atoms with E-state index in [1.807, 2.05) is 0 Å². The highest BCUT2D eigenvalue weighted by Gasteiger charge is 2.17. The second kappa shape index (κ2) is 6.57. The molecule has 1 aromatic heterocycles. The third kappa shape index (κ3) is 3.59. The predicted molar refractivity (Wildman–Crippen MR) is 69.4 cm³/mol. The Morgan fingerprint density at radius 1 is 1.44 bits per heavy atom. The van der Waals surface area contributed by atoms with Crippen molar-refractivity contribution in [2.24, 2.45) is 5.92 Å². The molecule has 1 fully saturated rings. The molecular formula is C14H22N2O2. The first-order valence-corrected chi connectivity index (χ1v) is 7.01. The predicted octanol–water partition coefficient (Wildman–Crippen LogP) is 3.10. The van der Waals surface area contributed by atoms with Gasteiger partial charge in [0.25, 0.3) is 0 Å². The lowest BCUT2D eigenvalue weighted by Crippen LogP contribution is -2.17. The second-order valence-electron chi connectivity index (χ2n) is 5.13. The Morgan fingerprint density at radius 3 is 2.94 bits per heavy atom. The molecule has 0 spiro atoms. The average molecular weight is 250 g/mol. The maximum atomic E-state index is 11.8. The van der Waals surface area contributed by atoms with Crippen molar-refractivity contribution >= 4 is 5.97 Å². The molecule has 0 bridgehead atoms. The number of nitrogens with zero attached hydrogens (tertiary/aromatic N) is 1. The first kappa shape index (κ1) is 13.1. The molecule has 1 aromatic rings. The van der Waals surface area contributed by atoms with Crippen LogP contribution in [0, 0.1) is 5.92 Å². The van der Waals surface area contributed by atoms with Gasteiger partial charge in [-0.2, -0.15) is 5.10 Å². The topological polar surface area (TPSA) is 55.0 Å². The highest BCUT2D eigenvalue weighted by atomic mass is 16.5. The van der Waals surface area contributed by atoms with Crippen molar-refractivity contribution in [3.8, 4) is 0 Å². The number of nitrogens with one attached hydrogen (secondary N) is 1. The van der Waals surface area contributed by atoms with Crippen molar-refractivity contribution in [1.82, 2.24) is 10.2 Å². The summed E-state index contributed by atoms with van der Waals surface area (Å²) in [6.45, 7) is 2.65. The van der Waals surface area contributed by atoms with Crippen LogP contribution in [0.15, 0.2) is 6.07 Å². The van der Waals surface area contributed by atoms with Crippen LogP contribution >= 0.6 is 0 Å². The molecule has 0 radical (unpaired) electrons. The fourth-order valence-electron chi connectivity index (χ4n) is 2.48. The molecule has 0 amide bonds. The lowest BCUT2D eigenvalue weighted by Gasteiger charge is -2.20.